The highest BCUT2D eigenvalue weighted by atomic mass is 16.5. The highest BCUT2D eigenvalue weighted by Gasteiger charge is 2.16. The molecule has 0 amide bonds. The molecule has 0 aromatic heterocycles. The molecule has 1 fully saturated rings. The number of benzene rings is 1. The van der Waals surface area contributed by atoms with Crippen LogP contribution in [0.25, 0.3) is 0 Å². The highest BCUT2D eigenvalue weighted by molar-refractivity contribution is 5.52. The van der Waals surface area contributed by atoms with Crippen molar-refractivity contribution in [1.29, 1.82) is 0 Å². The molecular formula is C17H27NO3. The third kappa shape index (κ3) is 5.30. The molecule has 1 aromatic carbocycles. The Labute approximate surface area is 127 Å². The maximum Gasteiger partial charge on any atom is 0.0945 e. The Bertz CT molecular complexity index is 416. The second-order valence-electron chi connectivity index (χ2n) is 5.95. The van der Waals surface area contributed by atoms with Crippen LogP contribution in [0.2, 0.25) is 0 Å². The van der Waals surface area contributed by atoms with Crippen LogP contribution in [0.1, 0.15) is 38.2 Å². The van der Waals surface area contributed by atoms with Crippen LogP contribution in [0.3, 0.4) is 0 Å². The molecule has 2 atom stereocenters. The zero-order valence-corrected chi connectivity index (χ0v) is 13.0. The molecule has 4 heteroatoms. The van der Waals surface area contributed by atoms with Crippen molar-refractivity contribution in [2.45, 2.75) is 44.8 Å². The molecule has 0 saturated carbocycles. The summed E-state index contributed by atoms with van der Waals surface area (Å²) in [6, 6.07) is 8.22. The molecule has 4 nitrogen and oxygen atoms in total. The van der Waals surface area contributed by atoms with E-state index in [1.54, 1.807) is 0 Å². The Kier molecular flexibility index (Phi) is 6.49. The van der Waals surface area contributed by atoms with Gasteiger partial charge < -0.3 is 19.9 Å². The van der Waals surface area contributed by atoms with E-state index in [4.69, 9.17) is 9.47 Å². The van der Waals surface area contributed by atoms with Gasteiger partial charge in [-0.25, -0.2) is 0 Å². The Balaban J connectivity index is 1.69. The quantitative estimate of drug-likeness (QED) is 0.774. The van der Waals surface area contributed by atoms with Crippen molar-refractivity contribution in [2.24, 2.45) is 0 Å². The van der Waals surface area contributed by atoms with Gasteiger partial charge in [0.05, 0.1) is 25.4 Å². The predicted molar refractivity (Wildman–Crippen MR) is 84.8 cm³/mol. The minimum atomic E-state index is -0.508. The second-order valence-corrected chi connectivity index (χ2v) is 5.95. The largest absolute Gasteiger partial charge is 0.389 e. The van der Waals surface area contributed by atoms with Crippen LogP contribution in [-0.4, -0.2) is 43.7 Å². The van der Waals surface area contributed by atoms with Gasteiger partial charge in [0.15, 0.2) is 0 Å². The number of hydrogen-bond donors (Lipinski definition) is 2. The van der Waals surface area contributed by atoms with Crippen molar-refractivity contribution >= 4 is 5.69 Å². The van der Waals surface area contributed by atoms with Gasteiger partial charge >= 0.3 is 0 Å². The number of para-hydroxylation sites is 1. The summed E-state index contributed by atoms with van der Waals surface area (Å²) in [5, 5.41) is 13.3. The van der Waals surface area contributed by atoms with Gasteiger partial charge in [-0.2, -0.15) is 0 Å². The number of aliphatic hydroxyl groups is 1. The molecule has 2 rings (SSSR count). The van der Waals surface area contributed by atoms with Gasteiger partial charge in [-0.05, 0) is 30.4 Å². The van der Waals surface area contributed by atoms with E-state index in [0.717, 1.165) is 25.1 Å². The van der Waals surface area contributed by atoms with Gasteiger partial charge in [0.1, 0.15) is 0 Å². The van der Waals surface area contributed by atoms with Crippen LogP contribution in [0.5, 0.6) is 0 Å². The fourth-order valence-electron chi connectivity index (χ4n) is 2.56. The van der Waals surface area contributed by atoms with Crippen LogP contribution in [0, 0.1) is 0 Å². The maximum absolute atomic E-state index is 9.99. The zero-order chi connectivity index (χ0) is 15.1. The Morgan fingerprint density at radius 3 is 2.90 bits per heavy atom. The molecule has 118 valence electrons. The molecule has 1 aromatic rings. The first-order valence-electron chi connectivity index (χ1n) is 7.87. The van der Waals surface area contributed by atoms with Crippen LogP contribution >= 0.6 is 0 Å². The van der Waals surface area contributed by atoms with E-state index in [1.165, 1.54) is 5.56 Å². The van der Waals surface area contributed by atoms with Crippen molar-refractivity contribution in [1.82, 2.24) is 0 Å². The molecule has 2 N–H and O–H groups in total. The smallest absolute Gasteiger partial charge is 0.0945 e. The minimum Gasteiger partial charge on any atom is -0.389 e. The van der Waals surface area contributed by atoms with E-state index < -0.39 is 6.10 Å². The van der Waals surface area contributed by atoms with Crippen LogP contribution in [-0.2, 0) is 9.47 Å². The fraction of sp³-hybridized carbons (Fsp3) is 0.647. The summed E-state index contributed by atoms with van der Waals surface area (Å²) in [6.07, 6.45) is 1.89. The van der Waals surface area contributed by atoms with Crippen molar-refractivity contribution in [3.8, 4) is 0 Å². The molecular weight excluding hydrogens is 266 g/mol. The monoisotopic (exact) mass is 293 g/mol. The molecule has 0 spiro atoms. The molecule has 0 aliphatic carbocycles. The average Bonchev–Trinajstić information content (AvgIpc) is 2.98. The number of aliphatic hydroxyl groups excluding tert-OH is 1. The minimum absolute atomic E-state index is 0.215. The third-order valence-electron chi connectivity index (χ3n) is 3.75. The van der Waals surface area contributed by atoms with Crippen molar-refractivity contribution in [3.63, 3.8) is 0 Å². The number of rotatable bonds is 8. The van der Waals surface area contributed by atoms with Gasteiger partial charge in [-0.3, -0.25) is 0 Å². The molecule has 1 saturated heterocycles. The summed E-state index contributed by atoms with van der Waals surface area (Å²) in [4.78, 5) is 0. The lowest BCUT2D eigenvalue weighted by Crippen LogP contribution is -2.27. The molecule has 0 radical (unpaired) electrons. The second kappa shape index (κ2) is 8.37. The first-order chi connectivity index (χ1) is 10.2. The average molecular weight is 293 g/mol. The fourth-order valence-corrected chi connectivity index (χ4v) is 2.56. The molecule has 2 unspecified atom stereocenters. The normalized spacial score (nSPS) is 19.9. The van der Waals surface area contributed by atoms with E-state index >= 15 is 0 Å². The lowest BCUT2D eigenvalue weighted by Gasteiger charge is -2.18. The first kappa shape index (κ1) is 16.3. The summed E-state index contributed by atoms with van der Waals surface area (Å²) < 4.78 is 11.0. The van der Waals surface area contributed by atoms with Crippen LogP contribution in [0.15, 0.2) is 24.3 Å². The highest BCUT2D eigenvalue weighted by Crippen LogP contribution is 2.23. The van der Waals surface area contributed by atoms with E-state index in [1.807, 2.05) is 12.1 Å². The third-order valence-corrected chi connectivity index (χ3v) is 3.75. The number of hydrogen-bond acceptors (Lipinski definition) is 4. The Morgan fingerprint density at radius 2 is 2.19 bits per heavy atom. The lowest BCUT2D eigenvalue weighted by molar-refractivity contribution is -0.0137. The first-order valence-corrected chi connectivity index (χ1v) is 7.87. The molecule has 21 heavy (non-hydrogen) atoms. The van der Waals surface area contributed by atoms with Crippen molar-refractivity contribution in [3.05, 3.63) is 29.8 Å². The van der Waals surface area contributed by atoms with Gasteiger partial charge in [-0.1, -0.05) is 32.0 Å². The van der Waals surface area contributed by atoms with E-state index in [9.17, 15) is 5.11 Å². The van der Waals surface area contributed by atoms with Crippen molar-refractivity contribution < 1.29 is 14.6 Å². The number of ether oxygens (including phenoxy) is 2. The zero-order valence-electron chi connectivity index (χ0n) is 13.0. The number of anilines is 1. The van der Waals surface area contributed by atoms with Gasteiger partial charge in [0.2, 0.25) is 0 Å². The van der Waals surface area contributed by atoms with E-state index in [0.29, 0.717) is 25.7 Å². The SMILES string of the molecule is CC(C)c1ccccc1NCC(O)COCC1CCCO1. The summed E-state index contributed by atoms with van der Waals surface area (Å²) in [7, 11) is 0. The van der Waals surface area contributed by atoms with Crippen LogP contribution in [0.4, 0.5) is 5.69 Å². The van der Waals surface area contributed by atoms with E-state index in [-0.39, 0.29) is 6.10 Å². The summed E-state index contributed by atoms with van der Waals surface area (Å²) in [5.74, 6) is 0.460. The maximum atomic E-state index is 9.99. The Hall–Kier alpha value is -1.10. The van der Waals surface area contributed by atoms with Crippen molar-refractivity contribution in [2.75, 3.05) is 31.7 Å². The Morgan fingerprint density at radius 1 is 1.38 bits per heavy atom. The summed E-state index contributed by atoms with van der Waals surface area (Å²) >= 11 is 0. The van der Waals surface area contributed by atoms with E-state index in [2.05, 4.69) is 31.3 Å². The molecule has 0 bridgehead atoms. The van der Waals surface area contributed by atoms with Gasteiger partial charge in [0.25, 0.3) is 0 Å². The molecule has 1 heterocycles. The predicted octanol–water partition coefficient (Wildman–Crippen LogP) is 2.78. The van der Waals surface area contributed by atoms with Gasteiger partial charge in [0, 0.05) is 18.8 Å². The molecule has 1 aliphatic heterocycles. The number of nitrogens with one attached hydrogen (secondary N) is 1. The summed E-state index contributed by atoms with van der Waals surface area (Å²) in [5.41, 5.74) is 2.36. The van der Waals surface area contributed by atoms with Gasteiger partial charge in [-0.15, -0.1) is 0 Å². The van der Waals surface area contributed by atoms with Crippen LogP contribution < -0.4 is 5.32 Å². The standard InChI is InChI=1S/C17H27NO3/c1-13(2)16-7-3-4-8-17(16)18-10-14(19)11-20-12-15-6-5-9-21-15/h3-4,7-8,13-15,18-19H,5-6,9-12H2,1-2H3. The molecule has 1 aliphatic rings. The topological polar surface area (TPSA) is 50.7 Å². The lowest BCUT2D eigenvalue weighted by atomic mass is 10.0. The summed E-state index contributed by atoms with van der Waals surface area (Å²) in [6.45, 7) is 6.60.